The number of hydrogen-bond acceptors (Lipinski definition) is 6. The van der Waals surface area contributed by atoms with Crippen LogP contribution in [0, 0.1) is 0 Å². The van der Waals surface area contributed by atoms with Crippen molar-refractivity contribution in [1.82, 2.24) is 20.1 Å². The van der Waals surface area contributed by atoms with Gasteiger partial charge >= 0.3 is 0 Å². The summed E-state index contributed by atoms with van der Waals surface area (Å²) in [5, 5.41) is 6.96. The quantitative estimate of drug-likeness (QED) is 0.703. The van der Waals surface area contributed by atoms with Crippen LogP contribution in [-0.4, -0.2) is 60.0 Å². The van der Waals surface area contributed by atoms with E-state index in [0.29, 0.717) is 13.2 Å². The normalized spacial score (nSPS) is 19.0. The van der Waals surface area contributed by atoms with Crippen molar-refractivity contribution in [3.05, 3.63) is 65.6 Å². The molecule has 0 radical (unpaired) electrons. The largest absolute Gasteiger partial charge is 0.497 e. The number of aromatic nitrogens is 3. The van der Waals surface area contributed by atoms with E-state index in [0.717, 1.165) is 53.6 Å². The van der Waals surface area contributed by atoms with Crippen molar-refractivity contribution in [2.75, 3.05) is 40.0 Å². The molecule has 0 amide bonds. The number of benzene rings is 1. The monoisotopic (exact) mass is 404 g/mol. The van der Waals surface area contributed by atoms with Crippen molar-refractivity contribution in [2.24, 2.45) is 0 Å². The second kappa shape index (κ2) is 8.30. The molecule has 0 aliphatic carbocycles. The minimum absolute atomic E-state index is 0.0351. The Hall–Kier alpha value is -3.16. The summed E-state index contributed by atoms with van der Waals surface area (Å²) in [5.41, 5.74) is 5.24. The summed E-state index contributed by atoms with van der Waals surface area (Å²) < 4.78 is 17.3. The summed E-state index contributed by atoms with van der Waals surface area (Å²) in [6.07, 6.45) is 5.78. The van der Waals surface area contributed by atoms with Gasteiger partial charge in [0.25, 0.3) is 0 Å². The highest BCUT2D eigenvalue weighted by Crippen LogP contribution is 2.31. The number of ether oxygens (including phenoxy) is 3. The number of fused-ring (bicyclic) bond motifs is 1. The second-order valence-corrected chi connectivity index (χ2v) is 7.53. The molecule has 3 aromatic rings. The van der Waals surface area contributed by atoms with E-state index in [1.54, 1.807) is 13.3 Å². The van der Waals surface area contributed by atoms with Crippen LogP contribution < -0.4 is 9.47 Å². The molecule has 1 fully saturated rings. The van der Waals surface area contributed by atoms with Crippen LogP contribution in [0.5, 0.6) is 11.5 Å². The molecule has 1 atom stereocenters. The fourth-order valence-electron chi connectivity index (χ4n) is 3.91. The lowest BCUT2D eigenvalue weighted by atomic mass is 10.1. The van der Waals surface area contributed by atoms with Crippen molar-refractivity contribution in [3.8, 4) is 22.8 Å². The van der Waals surface area contributed by atoms with Gasteiger partial charge in [0.15, 0.2) is 0 Å². The zero-order valence-corrected chi connectivity index (χ0v) is 16.9. The van der Waals surface area contributed by atoms with E-state index in [-0.39, 0.29) is 6.10 Å². The summed E-state index contributed by atoms with van der Waals surface area (Å²) >= 11 is 0. The smallest absolute Gasteiger partial charge is 0.127 e. The topological polar surface area (TPSA) is 72.5 Å². The number of morpholine rings is 1. The second-order valence-electron chi connectivity index (χ2n) is 7.53. The lowest BCUT2D eigenvalue weighted by Crippen LogP contribution is -2.40. The van der Waals surface area contributed by atoms with Crippen molar-refractivity contribution < 1.29 is 14.2 Å². The average Bonchev–Trinajstić information content (AvgIpc) is 3.34. The van der Waals surface area contributed by atoms with E-state index in [1.807, 2.05) is 36.5 Å². The molecule has 4 heterocycles. The van der Waals surface area contributed by atoms with Crippen molar-refractivity contribution in [2.45, 2.75) is 6.10 Å². The molecule has 0 spiro atoms. The lowest BCUT2D eigenvalue weighted by molar-refractivity contribution is -0.0294. The Morgan fingerprint density at radius 2 is 2.20 bits per heavy atom. The number of nitrogens with zero attached hydrogens (tertiary/aromatic N) is 3. The number of rotatable bonds is 5. The molecule has 2 aliphatic heterocycles. The Morgan fingerprint density at radius 3 is 3.00 bits per heavy atom. The van der Waals surface area contributed by atoms with Gasteiger partial charge < -0.3 is 14.2 Å². The fourth-order valence-corrected chi connectivity index (χ4v) is 3.91. The molecule has 0 unspecified atom stereocenters. The van der Waals surface area contributed by atoms with Gasteiger partial charge in [0, 0.05) is 43.2 Å². The van der Waals surface area contributed by atoms with Crippen LogP contribution in [0.3, 0.4) is 0 Å². The number of methoxy groups -OCH3 is 1. The van der Waals surface area contributed by atoms with Gasteiger partial charge in [-0.25, -0.2) is 0 Å². The van der Waals surface area contributed by atoms with Crippen LogP contribution in [0.1, 0.15) is 17.4 Å². The molecule has 1 saturated heterocycles. The Labute approximate surface area is 175 Å². The molecule has 7 heteroatoms. The zero-order chi connectivity index (χ0) is 20.3. The van der Waals surface area contributed by atoms with Crippen LogP contribution in [-0.2, 0) is 4.74 Å². The molecule has 2 aromatic heterocycles. The predicted molar refractivity (Wildman–Crippen MR) is 113 cm³/mol. The van der Waals surface area contributed by atoms with Crippen LogP contribution >= 0.6 is 0 Å². The molecule has 154 valence electrons. The first-order valence-electron chi connectivity index (χ1n) is 10.1. The van der Waals surface area contributed by atoms with Gasteiger partial charge in [0.05, 0.1) is 25.1 Å². The van der Waals surface area contributed by atoms with Gasteiger partial charge in [-0.3, -0.25) is 15.0 Å². The fraction of sp³-hybridized carbons (Fsp3) is 0.304. The van der Waals surface area contributed by atoms with Crippen molar-refractivity contribution >= 4 is 6.08 Å². The molecular formula is C23H24N4O3. The molecule has 5 rings (SSSR count). The molecule has 2 aliphatic rings. The lowest BCUT2D eigenvalue weighted by Gasteiger charge is -2.33. The number of aromatic amines is 1. The molecular weight excluding hydrogens is 380 g/mol. The van der Waals surface area contributed by atoms with Gasteiger partial charge in [-0.2, -0.15) is 5.10 Å². The predicted octanol–water partition coefficient (Wildman–Crippen LogP) is 3.33. The minimum atomic E-state index is -0.0351. The highest BCUT2D eigenvalue weighted by Gasteiger charge is 2.24. The first kappa shape index (κ1) is 18.8. The molecule has 0 bridgehead atoms. The molecule has 7 nitrogen and oxygen atoms in total. The Morgan fingerprint density at radius 1 is 1.23 bits per heavy atom. The Kier molecular flexibility index (Phi) is 5.21. The standard InChI is InChI=1S/C23H24N4O3/c1-28-19-3-5-22-18(11-19)10-16(15-30-22)13-27-8-9-29-23(14-27)21-4-2-17(12-24-21)20-6-7-25-26-20/h2-7,10-12,23H,8-9,13-15H2,1H3,(H,25,26)/t23-/m0/s1. The maximum atomic E-state index is 6.01. The average molecular weight is 404 g/mol. The van der Waals surface area contributed by atoms with E-state index < -0.39 is 0 Å². The SMILES string of the molecule is COc1ccc2c(c1)C=C(CN1CCO[C@H](c3ccc(-c4ccn[nH]4)cn3)C1)CO2. The van der Waals surface area contributed by atoms with Gasteiger partial charge in [-0.05, 0) is 48.0 Å². The molecule has 1 aromatic carbocycles. The third-order valence-corrected chi connectivity index (χ3v) is 5.49. The van der Waals surface area contributed by atoms with Crippen LogP contribution in [0.15, 0.2) is 54.4 Å². The van der Waals surface area contributed by atoms with Gasteiger partial charge in [0.2, 0.25) is 0 Å². The van der Waals surface area contributed by atoms with Crippen LogP contribution in [0.2, 0.25) is 0 Å². The summed E-state index contributed by atoms with van der Waals surface area (Å²) in [4.78, 5) is 7.04. The molecule has 1 N–H and O–H groups in total. The minimum Gasteiger partial charge on any atom is -0.497 e. The van der Waals surface area contributed by atoms with E-state index >= 15 is 0 Å². The van der Waals surface area contributed by atoms with Crippen LogP contribution in [0.4, 0.5) is 0 Å². The summed E-state index contributed by atoms with van der Waals surface area (Å²) in [5.74, 6) is 1.74. The van der Waals surface area contributed by atoms with Crippen LogP contribution in [0.25, 0.3) is 17.3 Å². The third kappa shape index (κ3) is 3.94. The first-order valence-corrected chi connectivity index (χ1v) is 10.1. The maximum absolute atomic E-state index is 6.01. The van der Waals surface area contributed by atoms with E-state index in [4.69, 9.17) is 14.2 Å². The molecule has 30 heavy (non-hydrogen) atoms. The summed E-state index contributed by atoms with van der Waals surface area (Å²) in [7, 11) is 1.68. The summed E-state index contributed by atoms with van der Waals surface area (Å²) in [6, 6.07) is 11.9. The maximum Gasteiger partial charge on any atom is 0.127 e. The van der Waals surface area contributed by atoms with Gasteiger partial charge in [-0.15, -0.1) is 0 Å². The van der Waals surface area contributed by atoms with Crippen molar-refractivity contribution in [3.63, 3.8) is 0 Å². The van der Waals surface area contributed by atoms with Crippen molar-refractivity contribution in [1.29, 1.82) is 0 Å². The summed E-state index contributed by atoms with van der Waals surface area (Å²) in [6.45, 7) is 3.85. The highest BCUT2D eigenvalue weighted by molar-refractivity contribution is 5.64. The zero-order valence-electron chi connectivity index (χ0n) is 16.9. The van der Waals surface area contributed by atoms with E-state index in [2.05, 4.69) is 32.2 Å². The first-order chi connectivity index (χ1) is 14.8. The number of H-pyrrole nitrogens is 1. The number of hydrogen-bond donors (Lipinski definition) is 1. The highest BCUT2D eigenvalue weighted by atomic mass is 16.5. The van der Waals surface area contributed by atoms with Gasteiger partial charge in [-0.1, -0.05) is 0 Å². The Bertz CT molecular complexity index is 1030. The van der Waals surface area contributed by atoms with Gasteiger partial charge in [0.1, 0.15) is 24.2 Å². The Balaban J connectivity index is 1.26. The number of pyridine rings is 1. The van der Waals surface area contributed by atoms with E-state index in [9.17, 15) is 0 Å². The number of nitrogens with one attached hydrogen (secondary N) is 1. The molecule has 0 saturated carbocycles. The van der Waals surface area contributed by atoms with E-state index in [1.165, 1.54) is 5.57 Å². The third-order valence-electron chi connectivity index (χ3n) is 5.49.